The van der Waals surface area contributed by atoms with Crippen molar-refractivity contribution < 1.29 is 52.3 Å². The quantitative estimate of drug-likeness (QED) is 0.186. The average molecular weight is 584 g/mol. The van der Waals surface area contributed by atoms with Crippen LogP contribution in [0.4, 0.5) is 14.4 Å². The average Bonchev–Trinajstić information content (AvgIpc) is 2.82. The van der Waals surface area contributed by atoms with E-state index in [2.05, 4.69) is 0 Å². The van der Waals surface area contributed by atoms with Gasteiger partial charge < -0.3 is 38.9 Å². The summed E-state index contributed by atoms with van der Waals surface area (Å²) in [6, 6.07) is 3.23. The molecule has 0 radical (unpaired) electrons. The van der Waals surface area contributed by atoms with Gasteiger partial charge in [-0.25, -0.2) is 14.4 Å². The molecule has 12 heteroatoms. The van der Waals surface area contributed by atoms with Crippen LogP contribution in [0.15, 0.2) is 18.2 Å². The van der Waals surface area contributed by atoms with Crippen LogP contribution in [-0.4, -0.2) is 61.0 Å². The number of esters is 1. The molecule has 12 nitrogen and oxygen atoms in total. The summed E-state index contributed by atoms with van der Waals surface area (Å²) in [5, 5.41) is 0. The maximum absolute atomic E-state index is 12.5. The molecule has 0 fully saturated rings. The van der Waals surface area contributed by atoms with Gasteiger partial charge in [0.05, 0.1) is 0 Å². The number of hydrogen-bond acceptors (Lipinski definition) is 12. The fourth-order valence-corrected chi connectivity index (χ4v) is 2.77. The first-order chi connectivity index (χ1) is 18.9. The Labute approximate surface area is 242 Å². The number of carbonyl (C=O) groups is 4. The zero-order valence-electron chi connectivity index (χ0n) is 25.7. The fraction of sp³-hybridized carbons (Fsp3) is 0.655. The molecule has 1 aromatic carbocycles. The first kappa shape index (κ1) is 35.5. The lowest BCUT2D eigenvalue weighted by Gasteiger charge is -2.21. The highest BCUT2D eigenvalue weighted by Crippen LogP contribution is 2.30. The number of rotatable bonds is 12. The first-order valence-corrected chi connectivity index (χ1v) is 13.6. The van der Waals surface area contributed by atoms with Crippen molar-refractivity contribution in [3.8, 4) is 11.5 Å². The number of ether oxygens (including phenoxy) is 7. The molecule has 0 saturated heterocycles. The molecule has 0 aromatic heterocycles. The summed E-state index contributed by atoms with van der Waals surface area (Å²) in [5.74, 6) is -0.867. The molecule has 0 aliphatic heterocycles. The van der Waals surface area contributed by atoms with Gasteiger partial charge >= 0.3 is 24.4 Å². The van der Waals surface area contributed by atoms with Crippen LogP contribution in [0, 0.1) is 11.8 Å². The van der Waals surface area contributed by atoms with E-state index in [0.29, 0.717) is 5.56 Å². The third-order valence-electron chi connectivity index (χ3n) is 5.74. The number of hydrogen-bond donors (Lipinski definition) is 1. The van der Waals surface area contributed by atoms with Crippen LogP contribution in [0.5, 0.6) is 11.5 Å². The van der Waals surface area contributed by atoms with E-state index in [0.717, 1.165) is 0 Å². The van der Waals surface area contributed by atoms with E-state index in [9.17, 15) is 19.2 Å². The molecular weight excluding hydrogens is 538 g/mol. The molecule has 0 aliphatic carbocycles. The molecule has 2 unspecified atom stereocenters. The monoisotopic (exact) mass is 583 g/mol. The lowest BCUT2D eigenvalue weighted by Crippen LogP contribution is -2.37. The second-order valence-corrected chi connectivity index (χ2v) is 11.5. The standard InChI is InChI=1S/C29H45NO11/c1-16(2)19(6)37-27(33)39-23-12-11-21(14-24(23)40-28(34)38-20(7)17(3)4)13-22(30)25(31)36-18(5)15-35-26(32)41-29(8,9)10/h11-12,14,16-20,22H,13,15,30H2,1-10H3/t18?,19-,20?,22-/m0/s1. The predicted octanol–water partition coefficient (Wildman–Crippen LogP) is 5.56. The molecule has 0 spiro atoms. The molecule has 1 rings (SSSR count). The molecule has 1 aromatic rings. The SMILES string of the molecule is CC(COC(=O)OC(C)(C)C)OC(=O)[C@@H](N)Cc1ccc(OC(=O)O[C@@H](C)C(C)C)c(OC(=O)OC(C)C(C)C)c1. The Balaban J connectivity index is 2.95. The van der Waals surface area contributed by atoms with Gasteiger partial charge in [0.15, 0.2) is 11.5 Å². The zero-order chi connectivity index (χ0) is 31.5. The maximum Gasteiger partial charge on any atom is 0.514 e. The third-order valence-corrected chi connectivity index (χ3v) is 5.74. The molecule has 2 N–H and O–H groups in total. The summed E-state index contributed by atoms with van der Waals surface area (Å²) in [5.41, 5.74) is 5.80. The summed E-state index contributed by atoms with van der Waals surface area (Å²) in [7, 11) is 0. The molecule has 0 saturated carbocycles. The van der Waals surface area contributed by atoms with E-state index in [1.807, 2.05) is 27.7 Å². The Morgan fingerprint density at radius 3 is 1.76 bits per heavy atom. The molecule has 0 heterocycles. The van der Waals surface area contributed by atoms with Gasteiger partial charge in [-0.15, -0.1) is 0 Å². The minimum Gasteiger partial charge on any atom is -0.458 e. The summed E-state index contributed by atoms with van der Waals surface area (Å²) in [6.45, 7) is 17.4. The molecule has 0 bridgehead atoms. The van der Waals surface area contributed by atoms with Crippen molar-refractivity contribution in [1.82, 2.24) is 0 Å². The van der Waals surface area contributed by atoms with Crippen LogP contribution in [0.3, 0.4) is 0 Å². The summed E-state index contributed by atoms with van der Waals surface area (Å²) in [6.07, 6.45) is -4.51. The topological polar surface area (TPSA) is 159 Å². The summed E-state index contributed by atoms with van der Waals surface area (Å²) >= 11 is 0. The molecule has 0 aliphatic rings. The maximum atomic E-state index is 12.5. The van der Waals surface area contributed by atoms with Crippen molar-refractivity contribution in [3.05, 3.63) is 23.8 Å². The Kier molecular flexibility index (Phi) is 13.9. The molecule has 232 valence electrons. The smallest absolute Gasteiger partial charge is 0.458 e. The first-order valence-electron chi connectivity index (χ1n) is 13.6. The number of carbonyl (C=O) groups excluding carboxylic acids is 4. The fourth-order valence-electron chi connectivity index (χ4n) is 2.77. The predicted molar refractivity (Wildman–Crippen MR) is 149 cm³/mol. The zero-order valence-corrected chi connectivity index (χ0v) is 25.7. The van der Waals surface area contributed by atoms with Crippen molar-refractivity contribution in [2.75, 3.05) is 6.61 Å². The van der Waals surface area contributed by atoms with E-state index >= 15 is 0 Å². The van der Waals surface area contributed by atoms with Gasteiger partial charge in [0, 0.05) is 0 Å². The van der Waals surface area contributed by atoms with Crippen LogP contribution in [-0.2, 0) is 34.9 Å². The lowest BCUT2D eigenvalue weighted by atomic mass is 10.1. The van der Waals surface area contributed by atoms with Gasteiger partial charge in [-0.1, -0.05) is 33.8 Å². The minimum absolute atomic E-state index is 0.0125. The third kappa shape index (κ3) is 14.1. The highest BCUT2D eigenvalue weighted by atomic mass is 16.8. The number of nitrogens with two attached hydrogens (primary N) is 1. The second kappa shape index (κ2) is 16.0. The van der Waals surface area contributed by atoms with Crippen molar-refractivity contribution in [2.45, 2.75) is 106 Å². The van der Waals surface area contributed by atoms with Crippen molar-refractivity contribution >= 4 is 24.4 Å². The van der Waals surface area contributed by atoms with E-state index in [4.69, 9.17) is 38.9 Å². The van der Waals surface area contributed by atoms with Crippen LogP contribution >= 0.6 is 0 Å². The second-order valence-electron chi connectivity index (χ2n) is 11.5. The van der Waals surface area contributed by atoms with E-state index < -0.39 is 54.4 Å². The molecule has 41 heavy (non-hydrogen) atoms. The summed E-state index contributed by atoms with van der Waals surface area (Å²) in [4.78, 5) is 49.0. The van der Waals surface area contributed by atoms with Gasteiger partial charge in [-0.05, 0) is 77.5 Å². The van der Waals surface area contributed by atoms with Crippen LogP contribution < -0.4 is 15.2 Å². The van der Waals surface area contributed by atoms with Crippen molar-refractivity contribution in [1.29, 1.82) is 0 Å². The molecule has 4 atom stereocenters. The Morgan fingerprint density at radius 1 is 0.756 bits per heavy atom. The van der Waals surface area contributed by atoms with E-state index in [1.54, 1.807) is 40.7 Å². The van der Waals surface area contributed by atoms with Crippen LogP contribution in [0.2, 0.25) is 0 Å². The van der Waals surface area contributed by atoms with Crippen molar-refractivity contribution in [3.63, 3.8) is 0 Å². The summed E-state index contributed by atoms with van der Waals surface area (Å²) < 4.78 is 36.4. The number of benzene rings is 1. The molecular formula is C29H45NO11. The van der Waals surface area contributed by atoms with E-state index in [-0.39, 0.29) is 36.4 Å². The highest BCUT2D eigenvalue weighted by molar-refractivity contribution is 5.76. The minimum atomic E-state index is -1.11. The Hall–Kier alpha value is -3.54. The van der Waals surface area contributed by atoms with Gasteiger partial charge in [-0.2, -0.15) is 0 Å². The van der Waals surface area contributed by atoms with Crippen molar-refractivity contribution in [2.24, 2.45) is 17.6 Å². The van der Waals surface area contributed by atoms with Gasteiger partial charge in [0.25, 0.3) is 0 Å². The van der Waals surface area contributed by atoms with Gasteiger partial charge in [0.2, 0.25) is 0 Å². The van der Waals surface area contributed by atoms with Crippen LogP contribution in [0.25, 0.3) is 0 Å². The largest absolute Gasteiger partial charge is 0.514 e. The van der Waals surface area contributed by atoms with Crippen LogP contribution in [0.1, 0.15) is 74.8 Å². The Bertz CT molecular complexity index is 1030. The normalized spacial score (nSPS) is 14.4. The Morgan fingerprint density at radius 2 is 1.27 bits per heavy atom. The lowest BCUT2D eigenvalue weighted by molar-refractivity contribution is -0.152. The van der Waals surface area contributed by atoms with Gasteiger partial charge in [0.1, 0.15) is 36.6 Å². The highest BCUT2D eigenvalue weighted by Gasteiger charge is 2.24. The van der Waals surface area contributed by atoms with E-state index in [1.165, 1.54) is 19.1 Å². The molecule has 0 amide bonds. The van der Waals surface area contributed by atoms with Gasteiger partial charge in [-0.3, -0.25) is 4.79 Å².